The largest absolute Gasteiger partial charge is 0.448 e. The van der Waals surface area contributed by atoms with Crippen LogP contribution in [0, 0.1) is 0 Å². The van der Waals surface area contributed by atoms with Crippen LogP contribution in [0.25, 0.3) is 0 Å². The number of oxazole rings is 1. The maximum absolute atomic E-state index is 13.2. The molecule has 0 radical (unpaired) electrons. The van der Waals surface area contributed by atoms with Crippen LogP contribution in [0.1, 0.15) is 40.5 Å². The number of carbonyl (C=O) groups is 1. The van der Waals surface area contributed by atoms with Gasteiger partial charge in [-0.05, 0) is 17.7 Å². The van der Waals surface area contributed by atoms with Crippen molar-refractivity contribution in [2.45, 2.75) is 25.9 Å². The van der Waals surface area contributed by atoms with E-state index in [0.29, 0.717) is 24.4 Å². The summed E-state index contributed by atoms with van der Waals surface area (Å²) in [5.41, 5.74) is 2.66. The van der Waals surface area contributed by atoms with Gasteiger partial charge in [-0.2, -0.15) is 0 Å². The summed E-state index contributed by atoms with van der Waals surface area (Å²) in [5, 5.41) is 0. The van der Waals surface area contributed by atoms with E-state index in [-0.39, 0.29) is 11.9 Å². The fraction of sp³-hybridized carbons (Fsp3) is 0.263. The van der Waals surface area contributed by atoms with E-state index >= 15 is 0 Å². The lowest BCUT2D eigenvalue weighted by Gasteiger charge is -2.37. The van der Waals surface area contributed by atoms with Gasteiger partial charge >= 0.3 is 0 Å². The average molecular weight is 321 g/mol. The van der Waals surface area contributed by atoms with Crippen molar-refractivity contribution in [3.05, 3.63) is 77.8 Å². The second-order valence-electron chi connectivity index (χ2n) is 5.92. The van der Waals surface area contributed by atoms with Crippen LogP contribution in [0.4, 0.5) is 0 Å². The number of aromatic nitrogens is 2. The lowest BCUT2D eigenvalue weighted by atomic mass is 9.99. The van der Waals surface area contributed by atoms with Crippen LogP contribution in [-0.2, 0) is 13.0 Å². The van der Waals surface area contributed by atoms with Crippen molar-refractivity contribution in [3.63, 3.8) is 0 Å². The number of benzene rings is 1. The summed E-state index contributed by atoms with van der Waals surface area (Å²) in [7, 11) is 0. The highest BCUT2D eigenvalue weighted by Gasteiger charge is 2.34. The van der Waals surface area contributed by atoms with Gasteiger partial charge in [0.05, 0.1) is 6.04 Å². The van der Waals surface area contributed by atoms with Crippen molar-refractivity contribution >= 4 is 5.91 Å². The van der Waals surface area contributed by atoms with Crippen LogP contribution in [0.5, 0.6) is 0 Å². The third kappa shape index (κ3) is 2.33. The molecule has 5 nitrogen and oxygen atoms in total. The molecule has 0 N–H and O–H groups in total. The number of nitrogens with zero attached hydrogens (tertiary/aromatic N) is 3. The zero-order chi connectivity index (χ0) is 16.5. The molecule has 5 heteroatoms. The van der Waals surface area contributed by atoms with Crippen LogP contribution >= 0.6 is 0 Å². The predicted molar refractivity (Wildman–Crippen MR) is 89.6 cm³/mol. The van der Waals surface area contributed by atoms with E-state index in [1.807, 2.05) is 36.1 Å². The molecule has 0 spiro atoms. The minimum atomic E-state index is -0.108. The first-order valence-electron chi connectivity index (χ1n) is 8.23. The molecular weight excluding hydrogens is 302 g/mol. The van der Waals surface area contributed by atoms with Gasteiger partial charge in [0.15, 0.2) is 12.1 Å². The zero-order valence-corrected chi connectivity index (χ0v) is 13.6. The second-order valence-corrected chi connectivity index (χ2v) is 5.92. The Balaban J connectivity index is 1.78. The number of aryl methyl sites for hydroxylation is 1. The van der Waals surface area contributed by atoms with Gasteiger partial charge < -0.3 is 13.9 Å². The summed E-state index contributed by atoms with van der Waals surface area (Å²) in [6.45, 7) is 3.40. The van der Waals surface area contributed by atoms with Gasteiger partial charge in [0.25, 0.3) is 5.91 Å². The predicted octanol–water partition coefficient (Wildman–Crippen LogP) is 3.28. The SMILES string of the molecule is CCc1ocnc1C(=O)N1CCn2cccc2C1c1ccccc1. The monoisotopic (exact) mass is 321 g/mol. The maximum atomic E-state index is 13.2. The molecule has 1 amide bonds. The Labute approximate surface area is 140 Å². The van der Waals surface area contributed by atoms with Crippen LogP contribution < -0.4 is 0 Å². The van der Waals surface area contributed by atoms with Gasteiger partial charge in [-0.25, -0.2) is 4.98 Å². The highest BCUT2D eigenvalue weighted by Crippen LogP contribution is 2.33. The molecule has 0 bridgehead atoms. The number of amides is 1. The average Bonchev–Trinajstić information content (AvgIpc) is 3.29. The third-order valence-electron chi connectivity index (χ3n) is 4.58. The van der Waals surface area contributed by atoms with Crippen molar-refractivity contribution in [2.75, 3.05) is 6.54 Å². The standard InChI is InChI=1S/C19H19N3O2/c1-2-16-17(20-13-24-16)19(23)22-12-11-21-10-6-9-15(21)18(22)14-7-4-3-5-8-14/h3-10,13,18H,2,11-12H2,1H3. The van der Waals surface area contributed by atoms with Crippen LogP contribution in [-0.4, -0.2) is 26.9 Å². The molecule has 2 aromatic heterocycles. The summed E-state index contributed by atoms with van der Waals surface area (Å²) >= 11 is 0. The first kappa shape index (κ1) is 14.8. The minimum Gasteiger partial charge on any atom is -0.448 e. The van der Waals surface area contributed by atoms with Crippen molar-refractivity contribution in [1.82, 2.24) is 14.5 Å². The number of fused-ring (bicyclic) bond motifs is 1. The van der Waals surface area contributed by atoms with Gasteiger partial charge in [-0.1, -0.05) is 37.3 Å². The molecule has 0 saturated carbocycles. The fourth-order valence-corrected chi connectivity index (χ4v) is 3.42. The van der Waals surface area contributed by atoms with Gasteiger partial charge in [-0.3, -0.25) is 4.79 Å². The second kappa shape index (κ2) is 6.00. The van der Waals surface area contributed by atoms with E-state index < -0.39 is 0 Å². The first-order chi connectivity index (χ1) is 11.8. The summed E-state index contributed by atoms with van der Waals surface area (Å²) in [5.74, 6) is 0.578. The van der Waals surface area contributed by atoms with E-state index in [1.54, 1.807) is 0 Å². The molecule has 1 aliphatic heterocycles. The molecule has 1 aromatic carbocycles. The normalized spacial score (nSPS) is 16.9. The Hall–Kier alpha value is -2.82. The Bertz CT molecular complexity index is 850. The first-order valence-corrected chi connectivity index (χ1v) is 8.23. The van der Waals surface area contributed by atoms with E-state index in [2.05, 4.69) is 33.9 Å². The maximum Gasteiger partial charge on any atom is 0.277 e. The summed E-state index contributed by atoms with van der Waals surface area (Å²) in [6.07, 6.45) is 4.08. The van der Waals surface area contributed by atoms with E-state index in [0.717, 1.165) is 17.8 Å². The molecule has 1 unspecified atom stereocenters. The lowest BCUT2D eigenvalue weighted by Crippen LogP contribution is -2.42. The van der Waals surface area contributed by atoms with Crippen molar-refractivity contribution in [2.24, 2.45) is 0 Å². The molecule has 4 rings (SSSR count). The molecule has 24 heavy (non-hydrogen) atoms. The fourth-order valence-electron chi connectivity index (χ4n) is 3.42. The molecule has 0 fully saturated rings. The molecular formula is C19H19N3O2. The third-order valence-corrected chi connectivity index (χ3v) is 4.58. The minimum absolute atomic E-state index is 0.0677. The molecule has 3 heterocycles. The highest BCUT2D eigenvalue weighted by molar-refractivity contribution is 5.93. The Morgan fingerprint density at radius 2 is 2.04 bits per heavy atom. The Morgan fingerprint density at radius 1 is 1.21 bits per heavy atom. The van der Waals surface area contributed by atoms with Crippen molar-refractivity contribution < 1.29 is 9.21 Å². The number of carbonyl (C=O) groups excluding carboxylic acids is 1. The molecule has 1 aliphatic rings. The van der Waals surface area contributed by atoms with Gasteiger partial charge in [0, 0.05) is 31.4 Å². The van der Waals surface area contributed by atoms with Gasteiger partial charge in [0.1, 0.15) is 5.76 Å². The van der Waals surface area contributed by atoms with Crippen molar-refractivity contribution in [1.29, 1.82) is 0 Å². The molecule has 0 aliphatic carbocycles. The van der Waals surface area contributed by atoms with Crippen LogP contribution in [0.15, 0.2) is 59.5 Å². The van der Waals surface area contributed by atoms with E-state index in [1.165, 1.54) is 6.39 Å². The Morgan fingerprint density at radius 3 is 2.83 bits per heavy atom. The summed E-state index contributed by atoms with van der Waals surface area (Å²) in [4.78, 5) is 19.2. The van der Waals surface area contributed by atoms with E-state index in [9.17, 15) is 4.79 Å². The topological polar surface area (TPSA) is 51.3 Å². The van der Waals surface area contributed by atoms with E-state index in [4.69, 9.17) is 4.42 Å². The van der Waals surface area contributed by atoms with Crippen molar-refractivity contribution in [3.8, 4) is 0 Å². The highest BCUT2D eigenvalue weighted by atomic mass is 16.3. The molecule has 0 saturated heterocycles. The zero-order valence-electron chi connectivity index (χ0n) is 13.6. The number of hydrogen-bond acceptors (Lipinski definition) is 3. The van der Waals surface area contributed by atoms with Crippen LogP contribution in [0.3, 0.4) is 0 Å². The summed E-state index contributed by atoms with van der Waals surface area (Å²) in [6, 6.07) is 14.1. The smallest absolute Gasteiger partial charge is 0.277 e. The summed E-state index contributed by atoms with van der Waals surface area (Å²) < 4.78 is 7.57. The quantitative estimate of drug-likeness (QED) is 0.744. The number of rotatable bonds is 3. The molecule has 122 valence electrons. The Kier molecular flexibility index (Phi) is 3.69. The van der Waals surface area contributed by atoms with Gasteiger partial charge in [-0.15, -0.1) is 0 Å². The lowest BCUT2D eigenvalue weighted by molar-refractivity contribution is 0.0656. The molecule has 1 atom stereocenters. The van der Waals surface area contributed by atoms with Crippen LogP contribution in [0.2, 0.25) is 0 Å². The number of hydrogen-bond donors (Lipinski definition) is 0. The van der Waals surface area contributed by atoms with Gasteiger partial charge in [0.2, 0.25) is 0 Å². The molecule has 3 aromatic rings.